The van der Waals surface area contributed by atoms with Crippen LogP contribution >= 0.6 is 0 Å². The normalized spacial score (nSPS) is 17.6. The summed E-state index contributed by atoms with van der Waals surface area (Å²) in [4.78, 5) is 16.9. The third-order valence-corrected chi connectivity index (χ3v) is 3.95. The van der Waals surface area contributed by atoms with E-state index in [9.17, 15) is 4.79 Å². The molecule has 0 unspecified atom stereocenters. The van der Waals surface area contributed by atoms with Crippen molar-refractivity contribution in [3.05, 3.63) is 36.1 Å². The zero-order valence-electron chi connectivity index (χ0n) is 11.8. The number of hydrogen-bond donors (Lipinski definition) is 0. The Bertz CT molecular complexity index is 564. The summed E-state index contributed by atoms with van der Waals surface area (Å²) in [5, 5.41) is 0.996. The first-order valence-corrected chi connectivity index (χ1v) is 7.15. The number of para-hydroxylation sites is 1. The van der Waals surface area contributed by atoms with E-state index < -0.39 is 0 Å². The lowest BCUT2D eigenvalue weighted by molar-refractivity contribution is 0.0917. The van der Waals surface area contributed by atoms with E-state index in [1.54, 1.807) is 0 Å². The molecule has 0 spiro atoms. The van der Waals surface area contributed by atoms with Crippen molar-refractivity contribution < 1.29 is 9.21 Å². The molecule has 1 aliphatic heterocycles. The molecule has 0 aliphatic carbocycles. The summed E-state index contributed by atoms with van der Waals surface area (Å²) in [5.41, 5.74) is 0.787. The van der Waals surface area contributed by atoms with Gasteiger partial charge in [-0.15, -0.1) is 0 Å². The van der Waals surface area contributed by atoms with Gasteiger partial charge in [-0.3, -0.25) is 4.79 Å². The molecule has 2 heterocycles. The summed E-state index contributed by atoms with van der Waals surface area (Å²) >= 11 is 0. The van der Waals surface area contributed by atoms with Crippen LogP contribution in [0.4, 0.5) is 0 Å². The van der Waals surface area contributed by atoms with Gasteiger partial charge in [0.25, 0.3) is 0 Å². The highest BCUT2D eigenvalue weighted by Crippen LogP contribution is 2.20. The second-order valence-corrected chi connectivity index (χ2v) is 5.47. The number of nitrogens with zero attached hydrogens (tertiary/aromatic N) is 2. The SMILES string of the molecule is CN1CCN(CCC(=O)c2cc3ccccc3o2)CC1. The lowest BCUT2D eigenvalue weighted by Crippen LogP contribution is -2.45. The number of benzene rings is 1. The van der Waals surface area contributed by atoms with Crippen molar-refractivity contribution in [2.24, 2.45) is 0 Å². The number of fused-ring (bicyclic) bond motifs is 1. The van der Waals surface area contributed by atoms with Crippen molar-refractivity contribution in [2.45, 2.75) is 6.42 Å². The standard InChI is InChI=1S/C16H20N2O2/c1-17-8-10-18(11-9-17)7-6-14(19)16-12-13-4-2-3-5-15(13)20-16/h2-5,12H,6-11H2,1H3. The van der Waals surface area contributed by atoms with E-state index in [1.807, 2.05) is 30.3 Å². The minimum atomic E-state index is 0.0973. The average molecular weight is 272 g/mol. The van der Waals surface area contributed by atoms with Gasteiger partial charge in [0.15, 0.2) is 11.5 Å². The van der Waals surface area contributed by atoms with Crippen LogP contribution in [0.5, 0.6) is 0 Å². The molecule has 1 aliphatic rings. The van der Waals surface area contributed by atoms with Crippen molar-refractivity contribution >= 4 is 16.8 Å². The molecule has 4 heteroatoms. The second-order valence-electron chi connectivity index (χ2n) is 5.47. The van der Waals surface area contributed by atoms with Crippen molar-refractivity contribution in [3.8, 4) is 0 Å². The second kappa shape index (κ2) is 5.77. The fraction of sp³-hybridized carbons (Fsp3) is 0.438. The van der Waals surface area contributed by atoms with Crippen LogP contribution in [0.1, 0.15) is 17.0 Å². The summed E-state index contributed by atoms with van der Waals surface area (Å²) in [6, 6.07) is 9.59. The first-order valence-electron chi connectivity index (χ1n) is 7.15. The zero-order chi connectivity index (χ0) is 13.9. The number of hydrogen-bond acceptors (Lipinski definition) is 4. The minimum Gasteiger partial charge on any atom is -0.453 e. The van der Waals surface area contributed by atoms with Crippen molar-refractivity contribution in [1.29, 1.82) is 0 Å². The van der Waals surface area contributed by atoms with Crippen LogP contribution in [-0.2, 0) is 0 Å². The Morgan fingerprint density at radius 1 is 1.20 bits per heavy atom. The highest BCUT2D eigenvalue weighted by Gasteiger charge is 2.17. The Kier molecular flexibility index (Phi) is 3.85. The minimum absolute atomic E-state index is 0.0973. The molecule has 2 aromatic rings. The van der Waals surface area contributed by atoms with Crippen LogP contribution < -0.4 is 0 Å². The molecule has 1 aromatic heterocycles. The zero-order valence-corrected chi connectivity index (χ0v) is 11.8. The highest BCUT2D eigenvalue weighted by atomic mass is 16.3. The molecule has 0 N–H and O–H groups in total. The van der Waals surface area contributed by atoms with Gasteiger partial charge in [0.1, 0.15) is 5.58 Å². The van der Waals surface area contributed by atoms with Crippen LogP contribution in [0.2, 0.25) is 0 Å². The molecule has 1 saturated heterocycles. The maximum atomic E-state index is 12.2. The lowest BCUT2D eigenvalue weighted by atomic mass is 10.2. The molecule has 3 rings (SSSR count). The highest BCUT2D eigenvalue weighted by molar-refractivity contribution is 5.97. The number of rotatable bonds is 4. The Hall–Kier alpha value is -1.65. The van der Waals surface area contributed by atoms with Crippen LogP contribution in [-0.4, -0.2) is 55.4 Å². The Balaban J connectivity index is 1.59. The smallest absolute Gasteiger partial charge is 0.199 e. The van der Waals surface area contributed by atoms with E-state index >= 15 is 0 Å². The Morgan fingerprint density at radius 3 is 2.70 bits per heavy atom. The van der Waals surface area contributed by atoms with E-state index in [2.05, 4.69) is 16.8 Å². The molecule has 1 aromatic carbocycles. The largest absolute Gasteiger partial charge is 0.453 e. The van der Waals surface area contributed by atoms with Crippen LogP contribution in [0.3, 0.4) is 0 Å². The average Bonchev–Trinajstić information content (AvgIpc) is 2.90. The van der Waals surface area contributed by atoms with E-state index in [0.717, 1.165) is 43.7 Å². The molecule has 0 radical (unpaired) electrons. The molecule has 0 saturated carbocycles. The quantitative estimate of drug-likeness (QED) is 0.800. The molecule has 0 amide bonds. The molecular formula is C16H20N2O2. The molecule has 0 atom stereocenters. The molecule has 4 nitrogen and oxygen atoms in total. The maximum absolute atomic E-state index is 12.2. The van der Waals surface area contributed by atoms with E-state index in [-0.39, 0.29) is 5.78 Å². The number of piperazine rings is 1. The van der Waals surface area contributed by atoms with Gasteiger partial charge in [-0.25, -0.2) is 0 Å². The van der Waals surface area contributed by atoms with Crippen LogP contribution in [0.25, 0.3) is 11.0 Å². The summed E-state index contributed by atoms with van der Waals surface area (Å²) in [6.45, 7) is 5.08. The van der Waals surface area contributed by atoms with E-state index in [4.69, 9.17) is 4.42 Å². The van der Waals surface area contributed by atoms with Gasteiger partial charge < -0.3 is 14.2 Å². The van der Waals surface area contributed by atoms with Gasteiger partial charge >= 0.3 is 0 Å². The molecule has 1 fully saturated rings. The topological polar surface area (TPSA) is 36.7 Å². The first kappa shape index (κ1) is 13.3. The first-order chi connectivity index (χ1) is 9.72. The van der Waals surface area contributed by atoms with Gasteiger partial charge in [0, 0.05) is 44.5 Å². The summed E-state index contributed by atoms with van der Waals surface area (Å²) < 4.78 is 5.61. The Labute approximate surface area is 119 Å². The maximum Gasteiger partial charge on any atom is 0.199 e. The lowest BCUT2D eigenvalue weighted by Gasteiger charge is -2.32. The third-order valence-electron chi connectivity index (χ3n) is 3.95. The Morgan fingerprint density at radius 2 is 1.95 bits per heavy atom. The van der Waals surface area contributed by atoms with Crippen LogP contribution in [0.15, 0.2) is 34.7 Å². The molecule has 20 heavy (non-hydrogen) atoms. The number of carbonyl (C=O) groups is 1. The molecule has 106 valence electrons. The predicted molar refractivity (Wildman–Crippen MR) is 79.1 cm³/mol. The number of likely N-dealkylation sites (N-methyl/N-ethyl adjacent to an activating group) is 1. The molecule has 0 bridgehead atoms. The fourth-order valence-electron chi connectivity index (χ4n) is 2.57. The predicted octanol–water partition coefficient (Wildman–Crippen LogP) is 2.25. The fourth-order valence-corrected chi connectivity index (χ4v) is 2.57. The monoisotopic (exact) mass is 272 g/mol. The summed E-state index contributed by atoms with van der Waals surface area (Å²) in [6.07, 6.45) is 0.531. The number of ketones is 1. The summed E-state index contributed by atoms with van der Waals surface area (Å²) in [7, 11) is 2.14. The van der Waals surface area contributed by atoms with Gasteiger partial charge in [-0.05, 0) is 19.2 Å². The van der Waals surface area contributed by atoms with E-state index in [1.165, 1.54) is 0 Å². The van der Waals surface area contributed by atoms with E-state index in [0.29, 0.717) is 12.2 Å². The molecular weight excluding hydrogens is 252 g/mol. The van der Waals surface area contributed by atoms with Gasteiger partial charge in [0.05, 0.1) is 0 Å². The van der Waals surface area contributed by atoms with Crippen molar-refractivity contribution in [2.75, 3.05) is 39.8 Å². The number of furan rings is 1. The van der Waals surface area contributed by atoms with Gasteiger partial charge in [0.2, 0.25) is 0 Å². The number of Topliss-reactive ketones (excluding diaryl/α,β-unsaturated/α-hetero) is 1. The van der Waals surface area contributed by atoms with Gasteiger partial charge in [-0.1, -0.05) is 18.2 Å². The van der Waals surface area contributed by atoms with Crippen molar-refractivity contribution in [1.82, 2.24) is 9.80 Å². The third kappa shape index (κ3) is 2.92. The van der Waals surface area contributed by atoms with Crippen molar-refractivity contribution in [3.63, 3.8) is 0 Å². The number of carbonyl (C=O) groups excluding carboxylic acids is 1. The summed E-state index contributed by atoms with van der Waals surface area (Å²) in [5.74, 6) is 0.584. The van der Waals surface area contributed by atoms with Gasteiger partial charge in [-0.2, -0.15) is 0 Å². The van der Waals surface area contributed by atoms with Crippen LogP contribution in [0, 0.1) is 0 Å².